The lowest BCUT2D eigenvalue weighted by Crippen LogP contribution is -2.46. The predicted octanol–water partition coefficient (Wildman–Crippen LogP) is 1.56. The third kappa shape index (κ3) is 4.17. The molecule has 24 heavy (non-hydrogen) atoms. The zero-order valence-electron chi connectivity index (χ0n) is 14.0. The van der Waals surface area contributed by atoms with E-state index in [9.17, 15) is 16.8 Å². The maximum Gasteiger partial charge on any atom is 0.240 e. The molecule has 0 unspecified atom stereocenters. The number of aliphatic hydroxyl groups is 1. The lowest BCUT2D eigenvalue weighted by molar-refractivity contribution is 0.0487. The minimum absolute atomic E-state index is 0.0163. The van der Waals surface area contributed by atoms with E-state index in [-0.39, 0.29) is 27.7 Å². The molecule has 0 heterocycles. The van der Waals surface area contributed by atoms with Gasteiger partial charge in [-0.2, -0.15) is 0 Å². The van der Waals surface area contributed by atoms with Gasteiger partial charge in [-0.3, -0.25) is 0 Å². The van der Waals surface area contributed by atoms with Gasteiger partial charge in [0.1, 0.15) is 0 Å². The molecule has 6 nitrogen and oxygen atoms in total. The van der Waals surface area contributed by atoms with Crippen LogP contribution in [-0.2, 0) is 19.9 Å². The second-order valence-corrected chi connectivity index (χ2v) is 10.5. The monoisotopic (exact) mass is 375 g/mol. The number of nitrogens with one attached hydrogen (secondary N) is 1. The van der Waals surface area contributed by atoms with E-state index in [1.54, 1.807) is 0 Å². The van der Waals surface area contributed by atoms with Gasteiger partial charge in [-0.1, -0.05) is 19.4 Å². The van der Waals surface area contributed by atoms with Crippen LogP contribution in [0.3, 0.4) is 0 Å². The molecule has 0 aromatic heterocycles. The average Bonchev–Trinajstić information content (AvgIpc) is 2.45. The number of sulfone groups is 1. The van der Waals surface area contributed by atoms with Crippen LogP contribution in [0.1, 0.15) is 32.6 Å². The van der Waals surface area contributed by atoms with Crippen molar-refractivity contribution in [1.82, 2.24) is 4.72 Å². The molecule has 0 amide bonds. The maximum absolute atomic E-state index is 12.5. The highest BCUT2D eigenvalue weighted by molar-refractivity contribution is 7.91. The van der Waals surface area contributed by atoms with E-state index < -0.39 is 19.9 Å². The molecule has 1 aliphatic rings. The van der Waals surface area contributed by atoms with Crippen molar-refractivity contribution in [2.45, 2.75) is 42.4 Å². The molecule has 0 saturated heterocycles. The van der Waals surface area contributed by atoms with Gasteiger partial charge in [0.25, 0.3) is 0 Å². The Balaban J connectivity index is 2.17. The summed E-state index contributed by atoms with van der Waals surface area (Å²) in [6.45, 7) is 2.43. The lowest BCUT2D eigenvalue weighted by atomic mass is 9.61. The summed E-state index contributed by atoms with van der Waals surface area (Å²) < 4.78 is 50.9. The molecule has 0 spiro atoms. The summed E-state index contributed by atoms with van der Waals surface area (Å²) in [7, 11) is -7.24. The number of aliphatic hydroxyl groups excluding tert-OH is 1. The van der Waals surface area contributed by atoms with E-state index >= 15 is 0 Å². The average molecular weight is 376 g/mol. The van der Waals surface area contributed by atoms with Crippen molar-refractivity contribution in [2.75, 3.05) is 19.4 Å². The Morgan fingerprint density at radius 3 is 2.33 bits per heavy atom. The fourth-order valence-corrected chi connectivity index (χ4v) is 5.09. The van der Waals surface area contributed by atoms with Crippen molar-refractivity contribution < 1.29 is 21.9 Å². The Bertz CT molecular complexity index is 782. The van der Waals surface area contributed by atoms with Crippen LogP contribution in [0.5, 0.6) is 0 Å². The number of rotatable bonds is 8. The van der Waals surface area contributed by atoms with Crippen molar-refractivity contribution in [3.8, 4) is 0 Å². The predicted molar refractivity (Wildman–Crippen MR) is 91.9 cm³/mol. The minimum Gasteiger partial charge on any atom is -0.396 e. The van der Waals surface area contributed by atoms with Gasteiger partial charge < -0.3 is 5.11 Å². The third-order valence-electron chi connectivity index (χ3n) is 5.12. The fourth-order valence-electron chi connectivity index (χ4n) is 3.17. The summed E-state index contributed by atoms with van der Waals surface area (Å²) in [6.07, 6.45) is 4.61. The number of hydrogen-bond acceptors (Lipinski definition) is 5. The van der Waals surface area contributed by atoms with Gasteiger partial charge in [-0.05, 0) is 48.8 Å². The molecule has 8 heteroatoms. The second kappa shape index (κ2) is 7.11. The molecule has 1 aliphatic carbocycles. The molecule has 1 fully saturated rings. The summed E-state index contributed by atoms with van der Waals surface area (Å²) in [6, 6.07) is 5.38. The Morgan fingerprint density at radius 1 is 1.21 bits per heavy atom. The third-order valence-corrected chi connectivity index (χ3v) is 7.62. The molecule has 1 aromatic rings. The molecule has 0 radical (unpaired) electrons. The van der Waals surface area contributed by atoms with E-state index in [1.165, 1.54) is 24.3 Å². The van der Waals surface area contributed by atoms with Crippen LogP contribution in [-0.4, -0.2) is 41.3 Å². The highest BCUT2D eigenvalue weighted by atomic mass is 32.2. The lowest BCUT2D eigenvalue weighted by Gasteiger charge is -2.46. The second-order valence-electron chi connectivity index (χ2n) is 6.70. The first-order valence-corrected chi connectivity index (χ1v) is 11.4. The van der Waals surface area contributed by atoms with Crippen molar-refractivity contribution in [2.24, 2.45) is 11.3 Å². The summed E-state index contributed by atoms with van der Waals surface area (Å²) in [4.78, 5) is -0.0629. The highest BCUT2D eigenvalue weighted by Gasteiger charge is 2.42. The van der Waals surface area contributed by atoms with Crippen LogP contribution in [0.25, 0.3) is 0 Å². The number of sulfonamides is 1. The Hall–Kier alpha value is -0.960. The SMILES string of the molecule is C[C@@H](CCO)C1(CNS(=O)(=O)c2cccc(S(C)(=O)=O)c2)CCC1. The summed E-state index contributed by atoms with van der Waals surface area (Å²) >= 11 is 0. The van der Waals surface area contributed by atoms with E-state index in [0.717, 1.165) is 25.5 Å². The first-order valence-electron chi connectivity index (χ1n) is 8.01. The molecular weight excluding hydrogens is 350 g/mol. The fraction of sp³-hybridized carbons (Fsp3) is 0.625. The number of benzene rings is 1. The van der Waals surface area contributed by atoms with Crippen LogP contribution in [0.4, 0.5) is 0 Å². The van der Waals surface area contributed by atoms with Crippen LogP contribution in [0.15, 0.2) is 34.1 Å². The zero-order chi connectivity index (χ0) is 18.0. The molecule has 1 saturated carbocycles. The molecule has 136 valence electrons. The van der Waals surface area contributed by atoms with Gasteiger partial charge >= 0.3 is 0 Å². The molecule has 0 aliphatic heterocycles. The van der Waals surface area contributed by atoms with E-state index in [4.69, 9.17) is 5.11 Å². The topological polar surface area (TPSA) is 101 Å². The van der Waals surface area contributed by atoms with Gasteiger partial charge in [0.2, 0.25) is 10.0 Å². The maximum atomic E-state index is 12.5. The minimum atomic E-state index is -3.78. The van der Waals surface area contributed by atoms with Gasteiger partial charge in [0.05, 0.1) is 9.79 Å². The zero-order valence-corrected chi connectivity index (χ0v) is 15.7. The van der Waals surface area contributed by atoms with Crippen molar-refractivity contribution in [3.63, 3.8) is 0 Å². The van der Waals surface area contributed by atoms with Crippen molar-refractivity contribution >= 4 is 19.9 Å². The largest absolute Gasteiger partial charge is 0.396 e. The first kappa shape index (κ1) is 19.4. The summed E-state index contributed by atoms with van der Waals surface area (Å²) in [5.41, 5.74) is -0.121. The van der Waals surface area contributed by atoms with Gasteiger partial charge in [-0.15, -0.1) is 0 Å². The van der Waals surface area contributed by atoms with E-state index in [2.05, 4.69) is 4.72 Å². The molecule has 2 N–H and O–H groups in total. The van der Waals surface area contributed by atoms with Gasteiger partial charge in [0, 0.05) is 19.4 Å². The standard InChI is InChI=1S/C16H25NO5S2/c1-13(7-10-18)16(8-4-9-16)12-17-24(21,22)15-6-3-5-14(11-15)23(2,19)20/h3,5-6,11,13,17-18H,4,7-10,12H2,1-2H3/t13-/m0/s1. The number of hydrogen-bond donors (Lipinski definition) is 2. The normalized spacial score (nSPS) is 18.8. The first-order chi connectivity index (χ1) is 11.1. The van der Waals surface area contributed by atoms with Crippen LogP contribution >= 0.6 is 0 Å². The van der Waals surface area contributed by atoms with Crippen LogP contribution < -0.4 is 4.72 Å². The van der Waals surface area contributed by atoms with Crippen molar-refractivity contribution in [3.05, 3.63) is 24.3 Å². The molecular formula is C16H25NO5S2. The van der Waals surface area contributed by atoms with Crippen molar-refractivity contribution in [1.29, 1.82) is 0 Å². The summed E-state index contributed by atoms with van der Waals surface area (Å²) in [5, 5.41) is 9.14. The smallest absolute Gasteiger partial charge is 0.240 e. The van der Waals surface area contributed by atoms with Gasteiger partial charge in [-0.25, -0.2) is 21.6 Å². The molecule has 0 bridgehead atoms. The Kier molecular flexibility index (Phi) is 5.74. The molecule has 1 aromatic carbocycles. The quantitative estimate of drug-likeness (QED) is 0.718. The van der Waals surface area contributed by atoms with Crippen LogP contribution in [0, 0.1) is 11.3 Å². The highest BCUT2D eigenvalue weighted by Crippen LogP contribution is 2.47. The van der Waals surface area contributed by atoms with Crippen LogP contribution in [0.2, 0.25) is 0 Å². The Labute approximate surface area is 144 Å². The van der Waals surface area contributed by atoms with E-state index in [0.29, 0.717) is 13.0 Å². The summed E-state index contributed by atoms with van der Waals surface area (Å²) in [5.74, 6) is 0.223. The molecule has 2 rings (SSSR count). The Morgan fingerprint density at radius 2 is 1.83 bits per heavy atom. The van der Waals surface area contributed by atoms with E-state index in [1.807, 2.05) is 6.92 Å². The van der Waals surface area contributed by atoms with Gasteiger partial charge in [0.15, 0.2) is 9.84 Å². The molecule has 1 atom stereocenters.